The van der Waals surface area contributed by atoms with E-state index < -0.39 is 27.9 Å². The number of nitrogens with one attached hydrogen (secondary N) is 1. The van der Waals surface area contributed by atoms with Crippen LogP contribution in [0.1, 0.15) is 17.3 Å². The van der Waals surface area contributed by atoms with Crippen molar-refractivity contribution in [1.82, 2.24) is 0 Å². The highest BCUT2D eigenvalue weighted by Gasteiger charge is 2.41. The Morgan fingerprint density at radius 2 is 1.69 bits per heavy atom. The van der Waals surface area contributed by atoms with Crippen LogP contribution in [0.15, 0.2) is 65.6 Å². The van der Waals surface area contributed by atoms with Crippen LogP contribution in [-0.2, 0) is 19.6 Å². The van der Waals surface area contributed by atoms with Crippen molar-refractivity contribution in [3.63, 3.8) is 0 Å². The number of esters is 1. The van der Waals surface area contributed by atoms with E-state index in [1.54, 1.807) is 42.5 Å². The summed E-state index contributed by atoms with van der Waals surface area (Å²) in [6.45, 7) is 1.51. The van der Waals surface area contributed by atoms with Crippen LogP contribution in [0.2, 0.25) is 0 Å². The molecule has 1 aliphatic rings. The summed E-state index contributed by atoms with van der Waals surface area (Å²) in [4.78, 5) is 25.1. The van der Waals surface area contributed by atoms with Crippen LogP contribution < -0.4 is 9.62 Å². The normalized spacial score (nSPS) is 15.2. The first kappa shape index (κ1) is 18.9. The number of amides is 1. The molecule has 1 amide bonds. The minimum Gasteiger partial charge on any atom is -0.465 e. The zero-order valence-corrected chi connectivity index (χ0v) is 16.6. The summed E-state index contributed by atoms with van der Waals surface area (Å²) >= 11 is 0. The highest BCUT2D eigenvalue weighted by atomic mass is 32.2. The van der Waals surface area contributed by atoms with Gasteiger partial charge < -0.3 is 10.1 Å². The van der Waals surface area contributed by atoms with E-state index in [0.717, 1.165) is 9.69 Å². The molecule has 148 valence electrons. The summed E-state index contributed by atoms with van der Waals surface area (Å²) < 4.78 is 32.2. The lowest BCUT2D eigenvalue weighted by Gasteiger charge is -2.25. The highest BCUT2D eigenvalue weighted by Crippen LogP contribution is 2.43. The van der Waals surface area contributed by atoms with Gasteiger partial charge in [-0.1, -0.05) is 36.4 Å². The van der Waals surface area contributed by atoms with Gasteiger partial charge in [-0.2, -0.15) is 0 Å². The van der Waals surface area contributed by atoms with Gasteiger partial charge >= 0.3 is 5.97 Å². The maximum Gasteiger partial charge on any atom is 0.339 e. The summed E-state index contributed by atoms with van der Waals surface area (Å²) in [5.41, 5.74) is 0.899. The standard InChI is InChI=1S/C21H18N2O5S/c1-13(20(24)22-16-10-4-3-9-15(16)21(25)28-2)23-17-11-5-7-14-8-6-12-18(19(14)17)29(23,26)27/h3-13H,1-2H3,(H,22,24)/t13-/m0/s1. The zero-order valence-electron chi connectivity index (χ0n) is 15.7. The van der Waals surface area contributed by atoms with E-state index in [1.807, 2.05) is 12.1 Å². The number of carbonyl (C=O) groups excluding carboxylic acids is 2. The Bertz CT molecular complexity index is 1250. The monoisotopic (exact) mass is 410 g/mol. The first-order chi connectivity index (χ1) is 13.9. The molecular weight excluding hydrogens is 392 g/mol. The molecule has 4 rings (SSSR count). The Morgan fingerprint density at radius 1 is 1.00 bits per heavy atom. The van der Waals surface area contributed by atoms with E-state index in [0.29, 0.717) is 11.1 Å². The minimum absolute atomic E-state index is 0.181. The number of hydrogen-bond donors (Lipinski definition) is 1. The predicted molar refractivity (Wildman–Crippen MR) is 109 cm³/mol. The first-order valence-corrected chi connectivity index (χ1v) is 10.3. The Morgan fingerprint density at radius 3 is 2.41 bits per heavy atom. The van der Waals surface area contributed by atoms with Gasteiger partial charge in [0.1, 0.15) is 6.04 Å². The van der Waals surface area contributed by atoms with E-state index in [4.69, 9.17) is 4.74 Å². The summed E-state index contributed by atoms with van der Waals surface area (Å²) in [6.07, 6.45) is 0. The largest absolute Gasteiger partial charge is 0.465 e. The second kappa shape index (κ2) is 6.89. The molecule has 1 atom stereocenters. The van der Waals surface area contributed by atoms with Crippen molar-refractivity contribution in [2.24, 2.45) is 0 Å². The number of rotatable bonds is 4. The minimum atomic E-state index is -3.89. The molecule has 0 unspecified atom stereocenters. The van der Waals surface area contributed by atoms with Gasteiger partial charge in [-0.15, -0.1) is 0 Å². The number of benzene rings is 3. The average Bonchev–Trinajstić information content (AvgIpc) is 2.96. The van der Waals surface area contributed by atoms with E-state index in [9.17, 15) is 18.0 Å². The molecule has 1 heterocycles. The predicted octanol–water partition coefficient (Wildman–Crippen LogP) is 3.16. The lowest BCUT2D eigenvalue weighted by Crippen LogP contribution is -2.44. The number of anilines is 2. The summed E-state index contributed by atoms with van der Waals surface area (Å²) in [7, 11) is -2.64. The van der Waals surface area contributed by atoms with Gasteiger partial charge in [-0.05, 0) is 36.6 Å². The second-order valence-corrected chi connectivity index (χ2v) is 8.42. The van der Waals surface area contributed by atoms with Crippen molar-refractivity contribution in [3.8, 4) is 0 Å². The van der Waals surface area contributed by atoms with Crippen LogP contribution >= 0.6 is 0 Å². The number of sulfonamides is 1. The van der Waals surface area contributed by atoms with Gasteiger partial charge in [0.05, 0.1) is 28.9 Å². The zero-order chi connectivity index (χ0) is 20.8. The molecule has 0 saturated carbocycles. The van der Waals surface area contributed by atoms with Gasteiger partial charge in [-0.25, -0.2) is 13.2 Å². The molecule has 3 aromatic carbocycles. The molecule has 1 aliphatic heterocycles. The van der Waals surface area contributed by atoms with Gasteiger partial charge in [0.2, 0.25) is 5.91 Å². The molecule has 1 N–H and O–H groups in total. The van der Waals surface area contributed by atoms with Crippen molar-refractivity contribution in [1.29, 1.82) is 0 Å². The molecule has 0 saturated heterocycles. The number of carbonyl (C=O) groups is 2. The summed E-state index contributed by atoms with van der Waals surface area (Å²) in [6, 6.07) is 15.7. The number of nitrogens with zero attached hydrogens (tertiary/aromatic N) is 1. The number of methoxy groups -OCH3 is 1. The van der Waals surface area contributed by atoms with Crippen LogP contribution in [-0.4, -0.2) is 33.4 Å². The van der Waals surface area contributed by atoms with E-state index in [-0.39, 0.29) is 16.1 Å². The molecule has 0 radical (unpaired) electrons. The average molecular weight is 410 g/mol. The topological polar surface area (TPSA) is 92.8 Å². The lowest BCUT2D eigenvalue weighted by atomic mass is 10.1. The number of para-hydroxylation sites is 1. The van der Waals surface area contributed by atoms with Crippen molar-refractivity contribution in [2.75, 3.05) is 16.7 Å². The first-order valence-electron chi connectivity index (χ1n) is 8.90. The third-order valence-corrected chi connectivity index (χ3v) is 6.87. The number of hydrogen-bond acceptors (Lipinski definition) is 5. The maximum atomic E-state index is 13.2. The van der Waals surface area contributed by atoms with Crippen LogP contribution in [0, 0.1) is 0 Å². The van der Waals surface area contributed by atoms with E-state index in [1.165, 1.54) is 20.1 Å². The molecule has 0 fully saturated rings. The van der Waals surface area contributed by atoms with Gasteiger partial charge in [0, 0.05) is 5.39 Å². The SMILES string of the molecule is COC(=O)c1ccccc1NC(=O)[C@H](C)N1c2cccc3cccc(c23)S1(=O)=O. The molecular formula is C21H18N2O5S. The van der Waals surface area contributed by atoms with Crippen LogP contribution in [0.25, 0.3) is 10.8 Å². The molecule has 29 heavy (non-hydrogen) atoms. The highest BCUT2D eigenvalue weighted by molar-refractivity contribution is 7.93. The number of ether oxygens (including phenoxy) is 1. The van der Waals surface area contributed by atoms with Crippen molar-refractivity contribution >= 4 is 44.0 Å². The van der Waals surface area contributed by atoms with Gasteiger partial charge in [0.15, 0.2) is 0 Å². The molecule has 8 heteroatoms. The van der Waals surface area contributed by atoms with Gasteiger partial charge in [0.25, 0.3) is 10.0 Å². The third kappa shape index (κ3) is 2.92. The molecule has 3 aromatic rings. The Hall–Kier alpha value is -3.39. The Balaban J connectivity index is 1.71. The van der Waals surface area contributed by atoms with E-state index in [2.05, 4.69) is 5.32 Å². The smallest absolute Gasteiger partial charge is 0.339 e. The maximum absolute atomic E-state index is 13.2. The summed E-state index contributed by atoms with van der Waals surface area (Å²) in [5, 5.41) is 4.04. The van der Waals surface area contributed by atoms with Crippen molar-refractivity contribution in [3.05, 3.63) is 66.2 Å². The van der Waals surface area contributed by atoms with Crippen LogP contribution in [0.4, 0.5) is 11.4 Å². The summed E-state index contributed by atoms with van der Waals surface area (Å²) in [5.74, 6) is -1.16. The van der Waals surface area contributed by atoms with E-state index >= 15 is 0 Å². The fraction of sp³-hybridized carbons (Fsp3) is 0.143. The van der Waals surface area contributed by atoms with Gasteiger partial charge in [-0.3, -0.25) is 9.10 Å². The second-order valence-electron chi connectivity index (χ2n) is 6.63. The molecule has 0 bridgehead atoms. The molecule has 7 nitrogen and oxygen atoms in total. The molecule has 0 aromatic heterocycles. The fourth-order valence-electron chi connectivity index (χ4n) is 3.56. The van der Waals surface area contributed by atoms with Crippen molar-refractivity contribution < 1.29 is 22.7 Å². The van der Waals surface area contributed by atoms with Crippen molar-refractivity contribution in [2.45, 2.75) is 17.9 Å². The van der Waals surface area contributed by atoms with Crippen LogP contribution in [0.5, 0.6) is 0 Å². The van der Waals surface area contributed by atoms with Crippen LogP contribution in [0.3, 0.4) is 0 Å². The Kier molecular flexibility index (Phi) is 4.50. The lowest BCUT2D eigenvalue weighted by molar-refractivity contribution is -0.116. The molecule has 0 aliphatic carbocycles. The fourth-order valence-corrected chi connectivity index (χ4v) is 5.43. The third-order valence-electron chi connectivity index (χ3n) is 4.94. The quantitative estimate of drug-likeness (QED) is 0.667. The molecule has 0 spiro atoms. The Labute approximate surface area is 167 Å².